The van der Waals surface area contributed by atoms with E-state index >= 15 is 0 Å². The fourth-order valence-electron chi connectivity index (χ4n) is 10.9. The first-order chi connectivity index (χ1) is 30.9. The Bertz CT molecular complexity index is 1980. The number of hydrogen-bond donors (Lipinski definition) is 3. The van der Waals surface area contributed by atoms with Gasteiger partial charge in [0, 0.05) is 44.1 Å². The molecule has 0 bridgehead atoms. The average Bonchev–Trinajstić information content (AvgIpc) is 3.84. The molecule has 1 aliphatic heterocycles. The quantitative estimate of drug-likeness (QED) is 0.0457. The predicted octanol–water partition coefficient (Wildman–Crippen LogP) is 9.22. The fourth-order valence-corrected chi connectivity index (χ4v) is 10.9. The molecule has 7 rings (SSSR count). The molecule has 2 fully saturated rings. The summed E-state index contributed by atoms with van der Waals surface area (Å²) in [6, 6.07) is 23.8. The van der Waals surface area contributed by atoms with Crippen LogP contribution in [0.25, 0.3) is 11.1 Å². The summed E-state index contributed by atoms with van der Waals surface area (Å²) < 4.78 is 27.0. The lowest BCUT2D eigenvalue weighted by Gasteiger charge is -2.60. The molecule has 1 amide bonds. The Hall–Kier alpha value is -4.52. The molecular formula is C52H68N2O9. The Morgan fingerprint density at radius 3 is 2.33 bits per heavy atom. The van der Waals surface area contributed by atoms with Crippen molar-refractivity contribution in [1.29, 1.82) is 0 Å². The van der Waals surface area contributed by atoms with Crippen molar-refractivity contribution >= 4 is 11.6 Å². The molecule has 6 atom stereocenters. The summed E-state index contributed by atoms with van der Waals surface area (Å²) >= 11 is 0. The number of amides is 1. The Labute approximate surface area is 373 Å². The molecule has 3 aromatic carbocycles. The van der Waals surface area contributed by atoms with E-state index in [-0.39, 0.29) is 69.8 Å². The van der Waals surface area contributed by atoms with Crippen LogP contribution in [0.15, 0.2) is 102 Å². The van der Waals surface area contributed by atoms with Crippen molar-refractivity contribution in [2.45, 2.75) is 101 Å². The lowest BCUT2D eigenvalue weighted by atomic mass is 9.55. The Morgan fingerprint density at radius 1 is 0.889 bits per heavy atom. The molecule has 1 heterocycles. The molecule has 11 nitrogen and oxygen atoms in total. The number of ether oxygens (including phenoxy) is 4. The molecule has 0 radical (unpaired) electrons. The van der Waals surface area contributed by atoms with Crippen molar-refractivity contribution in [2.75, 3.05) is 53.3 Å². The van der Waals surface area contributed by atoms with Crippen LogP contribution in [0.2, 0.25) is 0 Å². The summed E-state index contributed by atoms with van der Waals surface area (Å²) in [7, 11) is 1.56. The average molecular weight is 865 g/mol. The lowest BCUT2D eigenvalue weighted by Crippen LogP contribution is -2.70. The van der Waals surface area contributed by atoms with Crippen LogP contribution < -0.4 is 9.47 Å². The van der Waals surface area contributed by atoms with Crippen molar-refractivity contribution in [2.24, 2.45) is 28.8 Å². The van der Waals surface area contributed by atoms with Crippen LogP contribution in [-0.2, 0) is 19.1 Å². The number of oxime groups is 1. The summed E-state index contributed by atoms with van der Waals surface area (Å²) in [6.45, 7) is 5.03. The molecule has 2 saturated carbocycles. The van der Waals surface area contributed by atoms with Gasteiger partial charge in [-0.05, 0) is 96.9 Å². The van der Waals surface area contributed by atoms with Crippen LogP contribution in [-0.4, -0.2) is 97.0 Å². The summed E-state index contributed by atoms with van der Waals surface area (Å²) in [5.41, 5.74) is 4.96. The molecule has 3 aromatic rings. The zero-order chi connectivity index (χ0) is 44.0. The topological polar surface area (TPSA) is 140 Å². The van der Waals surface area contributed by atoms with E-state index in [2.05, 4.69) is 43.0 Å². The molecule has 11 heteroatoms. The normalized spacial score (nSPS) is 24.5. The summed E-state index contributed by atoms with van der Waals surface area (Å²) in [5, 5.41) is 34.2. The van der Waals surface area contributed by atoms with Crippen LogP contribution in [0.5, 0.6) is 17.2 Å². The first kappa shape index (κ1) is 46.5. The predicted molar refractivity (Wildman–Crippen MR) is 245 cm³/mol. The van der Waals surface area contributed by atoms with Gasteiger partial charge in [0.15, 0.2) is 0 Å². The minimum Gasteiger partial charge on any atom is -0.459 e. The van der Waals surface area contributed by atoms with Crippen molar-refractivity contribution in [1.82, 2.24) is 4.90 Å². The number of carbonyl (C=O) groups excluding carboxylic acids is 1. The highest BCUT2D eigenvalue weighted by Crippen LogP contribution is 2.62. The number of benzene rings is 3. The number of nitrogens with zero attached hydrogens (tertiary/aromatic N) is 2. The number of rotatable bonds is 24. The van der Waals surface area contributed by atoms with Crippen molar-refractivity contribution in [3.8, 4) is 28.4 Å². The highest BCUT2D eigenvalue weighted by molar-refractivity contribution is 6.03. The van der Waals surface area contributed by atoms with Crippen molar-refractivity contribution in [3.05, 3.63) is 103 Å². The molecule has 6 unspecified atom stereocenters. The third-order valence-electron chi connectivity index (χ3n) is 13.7. The van der Waals surface area contributed by atoms with Gasteiger partial charge in [-0.1, -0.05) is 98.3 Å². The maximum Gasteiger partial charge on any atom is 0.239 e. The van der Waals surface area contributed by atoms with Gasteiger partial charge in [0.25, 0.3) is 0 Å². The molecule has 3 aliphatic carbocycles. The Morgan fingerprint density at radius 2 is 1.62 bits per heavy atom. The zero-order valence-corrected chi connectivity index (χ0v) is 37.1. The number of aliphatic hydroxyl groups is 3. The number of allylic oxidation sites excluding steroid dienone is 1. The zero-order valence-electron chi connectivity index (χ0n) is 37.1. The number of aliphatic hydroxyl groups excluding tert-OH is 3. The molecule has 0 saturated heterocycles. The minimum atomic E-state index is -1.36. The van der Waals surface area contributed by atoms with Gasteiger partial charge in [0.2, 0.25) is 11.7 Å². The van der Waals surface area contributed by atoms with Gasteiger partial charge in [0.1, 0.15) is 30.4 Å². The smallest absolute Gasteiger partial charge is 0.239 e. The lowest BCUT2D eigenvalue weighted by molar-refractivity contribution is -0.258. The summed E-state index contributed by atoms with van der Waals surface area (Å²) in [5.74, 6) is 0.835. The summed E-state index contributed by atoms with van der Waals surface area (Å²) in [6.07, 6.45) is 15.0. The van der Waals surface area contributed by atoms with E-state index in [1.807, 2.05) is 47.4 Å². The highest BCUT2D eigenvalue weighted by atomic mass is 16.7. The van der Waals surface area contributed by atoms with E-state index in [0.717, 1.165) is 72.9 Å². The second kappa shape index (κ2) is 22.9. The largest absolute Gasteiger partial charge is 0.459 e. The molecule has 4 aliphatic rings. The van der Waals surface area contributed by atoms with Crippen LogP contribution >= 0.6 is 0 Å². The second-order valence-corrected chi connectivity index (χ2v) is 17.6. The van der Waals surface area contributed by atoms with E-state index in [0.29, 0.717) is 48.8 Å². The van der Waals surface area contributed by atoms with E-state index in [9.17, 15) is 20.1 Å². The monoisotopic (exact) mass is 864 g/mol. The maximum absolute atomic E-state index is 14.8. The molecular weight excluding hydrogens is 797 g/mol. The van der Waals surface area contributed by atoms with Crippen molar-refractivity contribution in [3.63, 3.8) is 0 Å². The van der Waals surface area contributed by atoms with Crippen LogP contribution in [0.1, 0.15) is 95.0 Å². The first-order valence-electron chi connectivity index (χ1n) is 23.4. The van der Waals surface area contributed by atoms with Gasteiger partial charge in [-0.3, -0.25) is 4.79 Å². The van der Waals surface area contributed by atoms with Gasteiger partial charge in [0.05, 0.1) is 38.1 Å². The third kappa shape index (κ3) is 10.9. The van der Waals surface area contributed by atoms with Gasteiger partial charge >= 0.3 is 0 Å². The summed E-state index contributed by atoms with van der Waals surface area (Å²) in [4.78, 5) is 22.3. The van der Waals surface area contributed by atoms with Crippen LogP contribution in [0, 0.1) is 23.7 Å². The van der Waals surface area contributed by atoms with E-state index in [1.165, 1.54) is 12.8 Å². The van der Waals surface area contributed by atoms with E-state index in [1.54, 1.807) is 13.2 Å². The molecule has 63 heavy (non-hydrogen) atoms. The number of unbranched alkanes of at least 4 members (excludes halogenated alkanes) is 2. The molecule has 0 aromatic heterocycles. The first-order valence-corrected chi connectivity index (χ1v) is 23.4. The van der Waals surface area contributed by atoms with E-state index < -0.39 is 17.7 Å². The van der Waals surface area contributed by atoms with Gasteiger partial charge < -0.3 is 44.0 Å². The SMILES string of the molecule is C=CCOC12Oc3ccc(Oc4ccc(-c5ccccc5)cc4)cc3C3C(CCCCO)C(CCCCO)C=C(C(=NOC)CC1N(CCOCCO)C(=O)CCC1CCCC1)C32. The fraction of sp³-hybridized carbons (Fsp3) is 0.538. The molecule has 340 valence electrons. The number of hydrogen-bond acceptors (Lipinski definition) is 10. The highest BCUT2D eigenvalue weighted by Gasteiger charge is 2.65. The van der Waals surface area contributed by atoms with Crippen LogP contribution in [0.3, 0.4) is 0 Å². The third-order valence-corrected chi connectivity index (χ3v) is 13.7. The number of carbonyl (C=O) groups is 1. The van der Waals surface area contributed by atoms with Gasteiger partial charge in [-0.15, -0.1) is 6.58 Å². The molecule has 3 N–H and O–H groups in total. The van der Waals surface area contributed by atoms with Gasteiger partial charge in [-0.25, -0.2) is 0 Å². The minimum absolute atomic E-state index is 0.00966. The second-order valence-electron chi connectivity index (χ2n) is 17.6. The number of fused-ring (bicyclic) bond motifs is 2. The maximum atomic E-state index is 14.8. The van der Waals surface area contributed by atoms with Gasteiger partial charge in [-0.2, -0.15) is 0 Å². The van der Waals surface area contributed by atoms with Crippen LogP contribution in [0.4, 0.5) is 0 Å². The standard InChI is InChI=1S/C52H68N2O9/c1-3-31-61-52-48(54(27-32-60-33-30-57)49(58)26-19-37-13-7-8-14-37)36-46(53-59-2)44-34-40(17-9-11-28-55)43(18-10-12-29-56)50(51(44)52)45-35-42(24-25-47(45)63-52)62-41-22-20-39(21-23-41)38-15-5-4-6-16-38/h3-6,15-16,20-25,34-35,37,40,43,48,50-51,55-57H,1,7-14,17-19,26-33,36H2,2H3. The molecule has 0 spiro atoms. The Balaban J connectivity index is 1.36. The Kier molecular flexibility index (Phi) is 16.9. The van der Waals surface area contributed by atoms with E-state index in [4.69, 9.17) is 28.9 Å². The van der Waals surface area contributed by atoms with Crippen molar-refractivity contribution < 1.29 is 43.9 Å².